The number of aryl methyl sites for hydroxylation is 2. The van der Waals surface area contributed by atoms with Crippen LogP contribution >= 0.6 is 0 Å². The van der Waals surface area contributed by atoms with Crippen molar-refractivity contribution in [3.63, 3.8) is 0 Å². The lowest BCUT2D eigenvalue weighted by molar-refractivity contribution is -0.697. The smallest absolute Gasteiger partial charge is 0.430 e. The summed E-state index contributed by atoms with van der Waals surface area (Å²) in [6.45, 7) is 5.42. The number of carbonyl (C=O) groups is 1. The molecule has 0 fully saturated rings. The van der Waals surface area contributed by atoms with Crippen LogP contribution in [0.5, 0.6) is 0 Å². The Kier molecular flexibility index (Phi) is 6.23. The zero-order chi connectivity index (χ0) is 13.5. The van der Waals surface area contributed by atoms with Gasteiger partial charge in [0.15, 0.2) is 12.4 Å². The second-order valence-electron chi connectivity index (χ2n) is 3.40. The number of alkyl halides is 3. The number of aromatic nitrogens is 1. The fourth-order valence-corrected chi connectivity index (χ4v) is 0.939. The standard InChI is InChI=1S/C9H14N.C2HF3O2/c1-3-6-10-7-4-9(2)5-8-10;3-2(4,5)1(6)7/h4-5,7-8H,3,6H2,1-2H3;(H,6,7)/q+1;/p-1. The third-order valence-corrected chi connectivity index (χ3v) is 1.77. The normalized spacial score (nSPS) is 10.4. The van der Waals surface area contributed by atoms with Gasteiger partial charge in [0.05, 0.1) is 0 Å². The van der Waals surface area contributed by atoms with Gasteiger partial charge in [0, 0.05) is 18.6 Å². The van der Waals surface area contributed by atoms with E-state index < -0.39 is 12.1 Å². The molecule has 0 amide bonds. The Morgan fingerprint density at radius 2 is 1.76 bits per heavy atom. The van der Waals surface area contributed by atoms with Crippen molar-refractivity contribution in [3.8, 4) is 0 Å². The summed E-state index contributed by atoms with van der Waals surface area (Å²) >= 11 is 0. The number of aliphatic carboxylic acids is 1. The number of carboxylic acid groups (broad SMARTS) is 1. The molecule has 0 saturated carbocycles. The van der Waals surface area contributed by atoms with Crippen molar-refractivity contribution in [3.05, 3.63) is 30.1 Å². The molecule has 17 heavy (non-hydrogen) atoms. The van der Waals surface area contributed by atoms with Crippen LogP contribution in [0.3, 0.4) is 0 Å². The molecular weight excluding hydrogens is 235 g/mol. The Balaban J connectivity index is 0.000000325. The monoisotopic (exact) mass is 249 g/mol. The predicted molar refractivity (Wildman–Crippen MR) is 52.7 cm³/mol. The quantitative estimate of drug-likeness (QED) is 0.734. The van der Waals surface area contributed by atoms with Crippen molar-refractivity contribution in [1.82, 2.24) is 0 Å². The summed E-state index contributed by atoms with van der Waals surface area (Å²) in [5.41, 5.74) is 1.33. The maximum Gasteiger partial charge on any atom is 0.430 e. The predicted octanol–water partition coefficient (Wildman–Crippen LogP) is 0.991. The maximum absolute atomic E-state index is 10.5. The largest absolute Gasteiger partial charge is 0.542 e. The molecule has 0 radical (unpaired) electrons. The summed E-state index contributed by atoms with van der Waals surface area (Å²) in [5, 5.41) is 8.78. The molecule has 0 atom stereocenters. The summed E-state index contributed by atoms with van der Waals surface area (Å²) < 4.78 is 33.8. The van der Waals surface area contributed by atoms with E-state index >= 15 is 0 Å². The number of halogens is 3. The fraction of sp³-hybridized carbons (Fsp3) is 0.455. The number of hydrogen-bond acceptors (Lipinski definition) is 2. The van der Waals surface area contributed by atoms with Crippen LogP contribution in [0.25, 0.3) is 0 Å². The summed E-state index contributed by atoms with van der Waals surface area (Å²) in [6, 6.07) is 4.27. The average Bonchev–Trinajstić information content (AvgIpc) is 2.21. The van der Waals surface area contributed by atoms with Crippen LogP contribution in [0.2, 0.25) is 0 Å². The second kappa shape index (κ2) is 6.88. The third-order valence-electron chi connectivity index (χ3n) is 1.77. The van der Waals surface area contributed by atoms with Crippen molar-refractivity contribution in [2.24, 2.45) is 0 Å². The highest BCUT2D eigenvalue weighted by atomic mass is 19.4. The zero-order valence-corrected chi connectivity index (χ0v) is 9.62. The van der Waals surface area contributed by atoms with Crippen molar-refractivity contribution in [2.75, 3.05) is 0 Å². The van der Waals surface area contributed by atoms with E-state index in [1.807, 2.05) is 0 Å². The van der Waals surface area contributed by atoms with Gasteiger partial charge in [-0.15, -0.1) is 0 Å². The molecule has 0 aromatic carbocycles. The molecule has 0 unspecified atom stereocenters. The fourth-order valence-electron chi connectivity index (χ4n) is 0.939. The lowest BCUT2D eigenvalue weighted by atomic mass is 10.3. The van der Waals surface area contributed by atoms with Crippen LogP contribution in [0.1, 0.15) is 18.9 Å². The average molecular weight is 249 g/mol. The number of rotatable bonds is 2. The van der Waals surface area contributed by atoms with Crippen molar-refractivity contribution >= 4 is 5.97 Å². The van der Waals surface area contributed by atoms with E-state index in [4.69, 9.17) is 9.90 Å². The number of pyridine rings is 1. The molecule has 0 bridgehead atoms. The highest BCUT2D eigenvalue weighted by molar-refractivity contribution is 5.70. The summed E-state index contributed by atoms with van der Waals surface area (Å²) in [5.74, 6) is -3.01. The summed E-state index contributed by atoms with van der Waals surface area (Å²) in [4.78, 5) is 8.78. The van der Waals surface area contributed by atoms with Crippen LogP contribution in [0, 0.1) is 6.92 Å². The number of carbonyl (C=O) groups excluding carboxylic acids is 1. The Bertz CT molecular complexity index is 347. The van der Waals surface area contributed by atoms with Crippen LogP contribution in [-0.4, -0.2) is 12.1 Å². The number of carboxylic acids is 1. The van der Waals surface area contributed by atoms with Crippen molar-refractivity contribution < 1.29 is 27.6 Å². The molecule has 96 valence electrons. The van der Waals surface area contributed by atoms with Gasteiger partial charge < -0.3 is 9.90 Å². The molecule has 1 aromatic rings. The minimum absolute atomic E-state index is 1.13. The minimum atomic E-state index is -5.19. The van der Waals surface area contributed by atoms with E-state index in [1.165, 1.54) is 12.0 Å². The second-order valence-corrected chi connectivity index (χ2v) is 3.40. The lowest BCUT2D eigenvalue weighted by Gasteiger charge is -2.03. The first-order chi connectivity index (χ1) is 7.77. The van der Waals surface area contributed by atoms with Crippen molar-refractivity contribution in [2.45, 2.75) is 33.0 Å². The number of hydrogen-bond donors (Lipinski definition) is 0. The summed E-state index contributed by atoms with van der Waals surface area (Å²) in [6.07, 6.45) is 0.255. The Morgan fingerprint density at radius 3 is 2.06 bits per heavy atom. The molecule has 1 heterocycles. The van der Waals surface area contributed by atoms with Gasteiger partial charge in [0.1, 0.15) is 12.5 Å². The van der Waals surface area contributed by atoms with E-state index in [0.29, 0.717) is 0 Å². The van der Waals surface area contributed by atoms with Crippen LogP contribution in [-0.2, 0) is 11.3 Å². The molecule has 3 nitrogen and oxygen atoms in total. The van der Waals surface area contributed by atoms with E-state index in [-0.39, 0.29) is 0 Å². The maximum atomic E-state index is 10.5. The van der Waals surface area contributed by atoms with Gasteiger partial charge in [-0.25, -0.2) is 4.57 Å². The first kappa shape index (κ1) is 15.4. The molecule has 0 spiro atoms. The first-order valence-corrected chi connectivity index (χ1v) is 5.01. The third kappa shape index (κ3) is 7.32. The molecule has 0 N–H and O–H groups in total. The topological polar surface area (TPSA) is 44.0 Å². The molecule has 0 aliphatic heterocycles. The van der Waals surface area contributed by atoms with Gasteiger partial charge in [-0.3, -0.25) is 0 Å². The molecule has 0 saturated heterocycles. The van der Waals surface area contributed by atoms with Crippen LogP contribution < -0.4 is 9.67 Å². The Morgan fingerprint density at radius 1 is 1.35 bits per heavy atom. The van der Waals surface area contributed by atoms with Gasteiger partial charge in [-0.1, -0.05) is 6.92 Å². The number of nitrogens with zero attached hydrogens (tertiary/aromatic N) is 1. The van der Waals surface area contributed by atoms with E-state index in [2.05, 4.69) is 42.9 Å². The van der Waals surface area contributed by atoms with Gasteiger partial charge in [0.25, 0.3) is 0 Å². The lowest BCUT2D eigenvalue weighted by Crippen LogP contribution is -2.37. The SMILES string of the molecule is CCC[n+]1ccc(C)cc1.O=C([O-])C(F)(F)F. The van der Waals surface area contributed by atoms with Crippen molar-refractivity contribution in [1.29, 1.82) is 0 Å². The molecular formula is C11H14F3NO2. The Labute approximate surface area is 97.5 Å². The zero-order valence-electron chi connectivity index (χ0n) is 9.62. The highest BCUT2D eigenvalue weighted by Crippen LogP contribution is 2.11. The van der Waals surface area contributed by atoms with E-state index in [0.717, 1.165) is 6.54 Å². The van der Waals surface area contributed by atoms with E-state index in [1.54, 1.807) is 0 Å². The van der Waals surface area contributed by atoms with Gasteiger partial charge in [0.2, 0.25) is 0 Å². The molecule has 6 heteroatoms. The van der Waals surface area contributed by atoms with E-state index in [9.17, 15) is 13.2 Å². The van der Waals surface area contributed by atoms with Crippen LogP contribution in [0.15, 0.2) is 24.5 Å². The molecule has 1 rings (SSSR count). The molecule has 0 aliphatic carbocycles. The van der Waals surface area contributed by atoms with Gasteiger partial charge in [-0.2, -0.15) is 13.2 Å². The van der Waals surface area contributed by atoms with Gasteiger partial charge >= 0.3 is 6.18 Å². The highest BCUT2D eigenvalue weighted by Gasteiger charge is 2.28. The minimum Gasteiger partial charge on any atom is -0.542 e. The summed E-state index contributed by atoms with van der Waals surface area (Å²) in [7, 11) is 0. The first-order valence-electron chi connectivity index (χ1n) is 5.01. The van der Waals surface area contributed by atoms with Gasteiger partial charge in [-0.05, 0) is 12.5 Å². The molecule has 1 aromatic heterocycles. The molecule has 0 aliphatic rings. The van der Waals surface area contributed by atoms with Crippen LogP contribution in [0.4, 0.5) is 13.2 Å². The Hall–Kier alpha value is -1.59.